The van der Waals surface area contributed by atoms with Crippen LogP contribution < -0.4 is 10.6 Å². The SMILES string of the molecule is CC(=O)N[C@H]1[C@H](O[C@@H]2[C@@H](OCC(C(=O)O)C(=O)OCC3c4ccccc4-c4ccccc43)O[C@H](CO)[C@@H](O)[C@@H]2O)O[C@H](CO)[C@@H](O[C@@H]2O[C@H](CO)[C@H](O)[C@H](O[C@]3(C(=O)O)C[C@H](O)[C@@H](NC(=O)CO)[C@H]([C@H](O)[C@H](O)CO)O3)[C@H]2O)[C@@H]1O. The highest BCUT2D eigenvalue weighted by molar-refractivity contribution is 5.94. The van der Waals surface area contributed by atoms with Gasteiger partial charge in [0.1, 0.15) is 105 Å². The Balaban J connectivity index is 1.09. The molecule has 0 spiro atoms. The Hall–Kier alpha value is -5.05. The Morgan fingerprint density at radius 3 is 1.81 bits per heavy atom. The highest BCUT2D eigenvalue weighted by Gasteiger charge is 2.61. The van der Waals surface area contributed by atoms with E-state index >= 15 is 0 Å². The molecule has 1 unspecified atom stereocenters. The van der Waals surface area contributed by atoms with Crippen LogP contribution in [0.25, 0.3) is 11.1 Å². The molecule has 446 valence electrons. The van der Waals surface area contributed by atoms with Crippen molar-refractivity contribution in [2.45, 2.75) is 148 Å². The molecule has 2 aromatic rings. The molecule has 2 amide bonds. The molecule has 31 heteroatoms. The van der Waals surface area contributed by atoms with Crippen LogP contribution in [0.1, 0.15) is 30.4 Å². The molecule has 0 radical (unpaired) electrons. The van der Waals surface area contributed by atoms with Crippen molar-refractivity contribution in [3.05, 3.63) is 59.7 Å². The zero-order valence-electron chi connectivity index (χ0n) is 42.4. The minimum atomic E-state index is -3.25. The van der Waals surface area contributed by atoms with Crippen molar-refractivity contribution in [1.82, 2.24) is 10.6 Å². The number of carboxylic acids is 2. The molecule has 4 fully saturated rings. The lowest BCUT2D eigenvalue weighted by atomic mass is 9.88. The number of aliphatic carboxylic acids is 2. The number of esters is 1. The summed E-state index contributed by atoms with van der Waals surface area (Å²) in [5.41, 5.74) is 3.45. The lowest BCUT2D eigenvalue weighted by Crippen LogP contribution is -2.71. The van der Waals surface area contributed by atoms with Crippen molar-refractivity contribution >= 4 is 29.7 Å². The number of rotatable bonds is 23. The van der Waals surface area contributed by atoms with Gasteiger partial charge in [-0.3, -0.25) is 19.2 Å². The topological polar surface area (TPSA) is 496 Å². The Labute approximate surface area is 453 Å². The fourth-order valence-electron chi connectivity index (χ4n) is 10.3. The molecular weight excluding hydrogens is 1080 g/mol. The first-order valence-corrected chi connectivity index (χ1v) is 25.2. The number of aliphatic hydroxyl groups is 13. The first-order valence-electron chi connectivity index (χ1n) is 25.2. The van der Waals surface area contributed by atoms with Crippen molar-refractivity contribution in [2.24, 2.45) is 5.92 Å². The van der Waals surface area contributed by atoms with Crippen LogP contribution in [0.5, 0.6) is 0 Å². The maximum absolute atomic E-state index is 13.5. The van der Waals surface area contributed by atoms with E-state index in [0.29, 0.717) is 0 Å². The number of ether oxygens (including phenoxy) is 9. The van der Waals surface area contributed by atoms with Gasteiger partial charge in [0.25, 0.3) is 5.79 Å². The van der Waals surface area contributed by atoms with Crippen LogP contribution in [0, 0.1) is 5.92 Å². The van der Waals surface area contributed by atoms with Crippen molar-refractivity contribution in [1.29, 1.82) is 0 Å². The Bertz CT molecular complexity index is 2410. The summed E-state index contributed by atoms with van der Waals surface area (Å²) < 4.78 is 51.6. The maximum Gasteiger partial charge on any atom is 0.364 e. The molecule has 0 bridgehead atoms. The van der Waals surface area contributed by atoms with Crippen LogP contribution in [0.15, 0.2) is 48.5 Å². The second kappa shape index (κ2) is 26.9. The smallest absolute Gasteiger partial charge is 0.364 e. The second-order valence-electron chi connectivity index (χ2n) is 19.6. The van der Waals surface area contributed by atoms with Crippen LogP contribution >= 0.6 is 0 Å². The molecule has 7 rings (SSSR count). The third kappa shape index (κ3) is 13.1. The molecule has 80 heavy (non-hydrogen) atoms. The fraction of sp³-hybridized carbons (Fsp3) is 0.653. The molecule has 4 aliphatic heterocycles. The van der Waals surface area contributed by atoms with Crippen LogP contribution in [-0.4, -0.2) is 281 Å². The van der Waals surface area contributed by atoms with Crippen LogP contribution in [0.3, 0.4) is 0 Å². The highest BCUT2D eigenvalue weighted by Crippen LogP contribution is 2.45. The van der Waals surface area contributed by atoms with Gasteiger partial charge in [-0.05, 0) is 22.3 Å². The minimum Gasteiger partial charge on any atom is -0.481 e. The number of hydrogen-bond acceptors (Lipinski definition) is 27. The van der Waals surface area contributed by atoms with Crippen molar-refractivity contribution in [3.8, 4) is 11.1 Å². The van der Waals surface area contributed by atoms with Crippen LogP contribution in [0.4, 0.5) is 0 Å². The summed E-state index contributed by atoms with van der Waals surface area (Å²) in [6, 6.07) is 11.1. The first-order chi connectivity index (χ1) is 38.0. The molecule has 0 saturated carbocycles. The number of carbonyl (C=O) groups is 5. The van der Waals surface area contributed by atoms with E-state index in [1.165, 1.54) is 0 Å². The third-order valence-electron chi connectivity index (χ3n) is 14.4. The van der Waals surface area contributed by atoms with E-state index in [2.05, 4.69) is 10.6 Å². The average Bonchev–Trinajstić information content (AvgIpc) is 3.76. The van der Waals surface area contributed by atoms with Gasteiger partial charge in [0, 0.05) is 19.3 Å². The Morgan fingerprint density at radius 2 is 1.25 bits per heavy atom. The van der Waals surface area contributed by atoms with E-state index in [1.54, 1.807) is 12.1 Å². The van der Waals surface area contributed by atoms with Crippen molar-refractivity contribution in [3.63, 3.8) is 0 Å². The fourth-order valence-corrected chi connectivity index (χ4v) is 10.3. The van der Waals surface area contributed by atoms with Gasteiger partial charge in [-0.1, -0.05) is 48.5 Å². The van der Waals surface area contributed by atoms with Gasteiger partial charge < -0.3 is 130 Å². The van der Waals surface area contributed by atoms with Crippen LogP contribution in [0.2, 0.25) is 0 Å². The number of carboxylic acid groups (broad SMARTS) is 2. The van der Waals surface area contributed by atoms with Gasteiger partial charge >= 0.3 is 17.9 Å². The van der Waals surface area contributed by atoms with E-state index in [-0.39, 0.29) is 6.61 Å². The minimum absolute atomic E-state index is 0.278. The monoisotopic (exact) mass is 1150 g/mol. The quantitative estimate of drug-likeness (QED) is 0.0363. The predicted octanol–water partition coefficient (Wildman–Crippen LogP) is -8.20. The van der Waals surface area contributed by atoms with Gasteiger partial charge in [0.15, 0.2) is 24.8 Å². The largest absolute Gasteiger partial charge is 0.481 e. The summed E-state index contributed by atoms with van der Waals surface area (Å²) in [6.07, 6.45) is -38.7. The lowest BCUT2D eigenvalue weighted by Gasteiger charge is -2.51. The Morgan fingerprint density at radius 1 is 0.675 bits per heavy atom. The van der Waals surface area contributed by atoms with Gasteiger partial charge in [-0.15, -0.1) is 0 Å². The summed E-state index contributed by atoms with van der Waals surface area (Å²) in [6.45, 7) is -5.91. The molecule has 1 aliphatic carbocycles. The average molecular weight is 1150 g/mol. The highest BCUT2D eigenvalue weighted by atomic mass is 16.8. The molecular formula is C49H66N2O29. The summed E-state index contributed by atoms with van der Waals surface area (Å²) in [5, 5.41) is 165. The molecule has 17 N–H and O–H groups in total. The second-order valence-corrected chi connectivity index (χ2v) is 19.6. The maximum atomic E-state index is 13.5. The van der Waals surface area contributed by atoms with Crippen LogP contribution in [-0.2, 0) is 66.6 Å². The van der Waals surface area contributed by atoms with Crippen molar-refractivity contribution in [2.75, 3.05) is 46.2 Å². The molecule has 31 nitrogen and oxygen atoms in total. The molecule has 0 aromatic heterocycles. The van der Waals surface area contributed by atoms with E-state index in [9.17, 15) is 101 Å². The summed E-state index contributed by atoms with van der Waals surface area (Å²) in [7, 11) is 0. The first kappa shape index (κ1) is 62.5. The number of nitrogens with one attached hydrogen (secondary N) is 2. The van der Waals surface area contributed by atoms with E-state index in [0.717, 1.165) is 29.2 Å². The number of hydrogen-bond donors (Lipinski definition) is 17. The van der Waals surface area contributed by atoms with E-state index in [4.69, 9.17) is 42.6 Å². The predicted molar refractivity (Wildman–Crippen MR) is 255 cm³/mol. The molecule has 4 heterocycles. The normalized spacial score (nSPS) is 36.4. The zero-order valence-corrected chi connectivity index (χ0v) is 42.4. The lowest BCUT2D eigenvalue weighted by molar-refractivity contribution is -0.388. The van der Waals surface area contributed by atoms with E-state index < -0.39 is 216 Å². The summed E-state index contributed by atoms with van der Waals surface area (Å²) >= 11 is 0. The zero-order chi connectivity index (χ0) is 58.5. The standard InChI is InChI=1S/C49H66N2O29/c1-18(57)50-32-36(64)39(77-46-38(66)41(35(63)28(13-54)74-46)80-49(48(70)71)10-25(58)31(51-30(60)15-56)40(79-49)33(61)26(59)11-52)29(14-55)76-45(32)78-42-37(65)34(62)27(12-53)75-47(42)73-17-24(43(67)68)44(69)72-16-23-21-8-4-2-6-19(21)20-7-3-5-9-22(20)23/h2-9,23-29,31-42,45-47,52-56,58-59,61-66H,10-17H2,1H3,(H,50,57)(H,51,60)(H,67,68)(H,70,71)/t24?,25-,26+,27+,28+,29+,31+,32+,33+,34+,35-,36+,37-,38+,39+,40+,41-,42-,45-,46-,47-,49-/m0/s1. The molecule has 4 saturated heterocycles. The molecule has 22 atom stereocenters. The number of benzene rings is 2. The number of amides is 2. The molecule has 2 aromatic carbocycles. The van der Waals surface area contributed by atoms with Gasteiger partial charge in [-0.2, -0.15) is 0 Å². The molecule has 5 aliphatic rings. The van der Waals surface area contributed by atoms with Crippen molar-refractivity contribution < 1.29 is 143 Å². The Kier molecular flexibility index (Phi) is 21.0. The number of fused-ring (bicyclic) bond motifs is 3. The van der Waals surface area contributed by atoms with E-state index in [1.807, 2.05) is 36.4 Å². The third-order valence-corrected chi connectivity index (χ3v) is 14.4. The summed E-state index contributed by atoms with van der Waals surface area (Å²) in [5.74, 6) is -12.9. The van der Waals surface area contributed by atoms with Gasteiger partial charge in [-0.25, -0.2) is 4.79 Å². The van der Waals surface area contributed by atoms with Gasteiger partial charge in [0.05, 0.1) is 45.2 Å². The number of carbonyl (C=O) groups excluding carboxylic acids is 3. The summed E-state index contributed by atoms with van der Waals surface area (Å²) in [4.78, 5) is 64.0. The van der Waals surface area contributed by atoms with Gasteiger partial charge in [0.2, 0.25) is 11.8 Å². The number of aliphatic hydroxyl groups excluding tert-OH is 13.